The third-order valence-corrected chi connectivity index (χ3v) is 3.04. The van der Waals surface area contributed by atoms with Crippen LogP contribution in [0.1, 0.15) is 26.3 Å². The molecule has 0 aliphatic rings. The maximum Gasteiger partial charge on any atom is 0.335 e. The first-order chi connectivity index (χ1) is 9.60. The van der Waals surface area contributed by atoms with Crippen molar-refractivity contribution in [3.63, 3.8) is 0 Å². The highest BCUT2D eigenvalue weighted by Crippen LogP contribution is 2.13. The zero-order chi connectivity index (χ0) is 14.5. The third kappa shape index (κ3) is 3.36. The fraction of sp³-hybridized carbons (Fsp3) is 0.0667. The Hall–Kier alpha value is -2.33. The number of carboxylic acid groups (broad SMARTS) is 1. The van der Waals surface area contributed by atoms with Crippen LogP contribution in [0.2, 0.25) is 0 Å². The minimum atomic E-state index is -1.00. The normalized spacial score (nSPS) is 10.1. The van der Waals surface area contributed by atoms with Crippen LogP contribution in [-0.4, -0.2) is 17.0 Å². The Morgan fingerprint density at radius 3 is 2.35 bits per heavy atom. The standard InChI is InChI=1S/C15H12ClNO3/c16-9-10-2-1-3-12(8-10)14(18)17-13-6-4-11(5-7-13)15(19)20/h1-8H,9H2,(H,17,18)(H,19,20). The molecule has 0 bridgehead atoms. The maximum atomic E-state index is 12.0. The summed E-state index contributed by atoms with van der Waals surface area (Å²) < 4.78 is 0. The van der Waals surface area contributed by atoms with E-state index in [2.05, 4.69) is 5.32 Å². The minimum absolute atomic E-state index is 0.173. The average molecular weight is 290 g/mol. The number of carbonyl (C=O) groups is 2. The average Bonchev–Trinajstić information content (AvgIpc) is 2.47. The van der Waals surface area contributed by atoms with E-state index in [9.17, 15) is 9.59 Å². The van der Waals surface area contributed by atoms with E-state index in [4.69, 9.17) is 16.7 Å². The van der Waals surface area contributed by atoms with Gasteiger partial charge in [-0.15, -0.1) is 11.6 Å². The molecule has 20 heavy (non-hydrogen) atoms. The Morgan fingerprint density at radius 2 is 1.75 bits per heavy atom. The van der Waals surface area contributed by atoms with Gasteiger partial charge in [-0.3, -0.25) is 4.79 Å². The molecule has 0 aromatic heterocycles. The highest BCUT2D eigenvalue weighted by molar-refractivity contribution is 6.17. The first-order valence-corrected chi connectivity index (χ1v) is 6.43. The van der Waals surface area contributed by atoms with Gasteiger partial charge >= 0.3 is 5.97 Å². The van der Waals surface area contributed by atoms with E-state index in [1.54, 1.807) is 30.3 Å². The van der Waals surface area contributed by atoms with Gasteiger partial charge in [-0.1, -0.05) is 12.1 Å². The predicted molar refractivity (Wildman–Crippen MR) is 77.4 cm³/mol. The quantitative estimate of drug-likeness (QED) is 0.848. The first kappa shape index (κ1) is 14.1. The molecule has 1 amide bonds. The van der Waals surface area contributed by atoms with Crippen molar-refractivity contribution in [2.75, 3.05) is 5.32 Å². The van der Waals surface area contributed by atoms with Gasteiger partial charge in [-0.2, -0.15) is 0 Å². The number of rotatable bonds is 4. The van der Waals surface area contributed by atoms with Gasteiger partial charge in [0, 0.05) is 17.1 Å². The number of aromatic carboxylic acids is 1. The molecular weight excluding hydrogens is 278 g/mol. The highest BCUT2D eigenvalue weighted by Gasteiger charge is 2.07. The summed E-state index contributed by atoms with van der Waals surface area (Å²) in [5.74, 6) is -0.924. The molecule has 2 aromatic carbocycles. The van der Waals surface area contributed by atoms with Crippen LogP contribution in [0, 0.1) is 0 Å². The van der Waals surface area contributed by atoms with E-state index in [-0.39, 0.29) is 11.5 Å². The summed E-state index contributed by atoms with van der Waals surface area (Å²) in [5.41, 5.74) is 2.08. The second kappa shape index (κ2) is 6.21. The van der Waals surface area contributed by atoms with Crippen LogP contribution in [0.15, 0.2) is 48.5 Å². The smallest absolute Gasteiger partial charge is 0.335 e. The van der Waals surface area contributed by atoms with Crippen molar-refractivity contribution >= 4 is 29.2 Å². The molecule has 0 radical (unpaired) electrons. The van der Waals surface area contributed by atoms with Crippen LogP contribution in [-0.2, 0) is 5.88 Å². The summed E-state index contributed by atoms with van der Waals surface area (Å²) in [4.78, 5) is 22.8. The van der Waals surface area contributed by atoms with Gasteiger partial charge in [-0.25, -0.2) is 4.79 Å². The number of alkyl halides is 1. The van der Waals surface area contributed by atoms with Gasteiger partial charge < -0.3 is 10.4 Å². The molecule has 0 aliphatic carbocycles. The molecule has 0 saturated carbocycles. The van der Waals surface area contributed by atoms with Gasteiger partial charge in [0.25, 0.3) is 5.91 Å². The Balaban J connectivity index is 2.12. The summed E-state index contributed by atoms with van der Waals surface area (Å²) in [6, 6.07) is 13.0. The molecule has 2 rings (SSSR count). The lowest BCUT2D eigenvalue weighted by Crippen LogP contribution is -2.12. The Kier molecular flexibility index (Phi) is 4.38. The maximum absolute atomic E-state index is 12.0. The van der Waals surface area contributed by atoms with E-state index < -0.39 is 5.97 Å². The Labute approximate surface area is 121 Å². The van der Waals surface area contributed by atoms with Crippen molar-refractivity contribution in [1.29, 1.82) is 0 Å². The zero-order valence-electron chi connectivity index (χ0n) is 10.5. The largest absolute Gasteiger partial charge is 0.478 e. The Morgan fingerprint density at radius 1 is 1.05 bits per heavy atom. The summed E-state index contributed by atoms with van der Waals surface area (Å²) in [6.45, 7) is 0. The number of hydrogen-bond donors (Lipinski definition) is 2. The molecule has 0 fully saturated rings. The monoisotopic (exact) mass is 289 g/mol. The SMILES string of the molecule is O=C(O)c1ccc(NC(=O)c2cccc(CCl)c2)cc1. The lowest BCUT2D eigenvalue weighted by Gasteiger charge is -2.06. The lowest BCUT2D eigenvalue weighted by atomic mass is 10.1. The third-order valence-electron chi connectivity index (χ3n) is 2.73. The molecule has 5 heteroatoms. The van der Waals surface area contributed by atoms with Crippen LogP contribution >= 0.6 is 11.6 Å². The molecule has 0 spiro atoms. The summed E-state index contributed by atoms with van der Waals surface area (Å²) in [7, 11) is 0. The topological polar surface area (TPSA) is 66.4 Å². The minimum Gasteiger partial charge on any atom is -0.478 e. The number of anilines is 1. The fourth-order valence-electron chi connectivity index (χ4n) is 1.70. The van der Waals surface area contributed by atoms with Crippen molar-refractivity contribution in [2.45, 2.75) is 5.88 Å². The molecule has 0 heterocycles. The number of halogens is 1. The lowest BCUT2D eigenvalue weighted by molar-refractivity contribution is 0.0696. The van der Waals surface area contributed by atoms with Crippen LogP contribution in [0.5, 0.6) is 0 Å². The second-order valence-electron chi connectivity index (χ2n) is 4.17. The van der Waals surface area contributed by atoms with Gasteiger partial charge in [0.1, 0.15) is 0 Å². The van der Waals surface area contributed by atoms with Crippen LogP contribution in [0.25, 0.3) is 0 Å². The van der Waals surface area contributed by atoms with E-state index >= 15 is 0 Å². The number of amides is 1. The number of benzene rings is 2. The molecule has 2 N–H and O–H groups in total. The van der Waals surface area contributed by atoms with E-state index in [0.29, 0.717) is 17.1 Å². The predicted octanol–water partition coefficient (Wildman–Crippen LogP) is 3.38. The second-order valence-corrected chi connectivity index (χ2v) is 4.44. The van der Waals surface area contributed by atoms with Crippen molar-refractivity contribution in [3.05, 3.63) is 65.2 Å². The fourth-order valence-corrected chi connectivity index (χ4v) is 1.86. The van der Waals surface area contributed by atoms with Crippen molar-refractivity contribution in [3.8, 4) is 0 Å². The number of carbonyl (C=O) groups excluding carboxylic acids is 1. The summed E-state index contributed by atoms with van der Waals surface area (Å²) in [5, 5.41) is 11.5. The van der Waals surface area contributed by atoms with Crippen molar-refractivity contribution in [1.82, 2.24) is 0 Å². The molecule has 0 aliphatic heterocycles. The van der Waals surface area contributed by atoms with Gasteiger partial charge in [0.2, 0.25) is 0 Å². The van der Waals surface area contributed by atoms with Crippen LogP contribution in [0.3, 0.4) is 0 Å². The number of carboxylic acids is 1. The number of nitrogens with one attached hydrogen (secondary N) is 1. The molecule has 102 valence electrons. The Bertz CT molecular complexity index is 638. The summed E-state index contributed by atoms with van der Waals surface area (Å²) in [6.07, 6.45) is 0. The van der Waals surface area contributed by atoms with E-state index in [1.165, 1.54) is 12.1 Å². The number of hydrogen-bond acceptors (Lipinski definition) is 2. The molecule has 2 aromatic rings. The molecule has 0 atom stereocenters. The van der Waals surface area contributed by atoms with Crippen molar-refractivity contribution < 1.29 is 14.7 Å². The summed E-state index contributed by atoms with van der Waals surface area (Å²) >= 11 is 5.72. The molecule has 4 nitrogen and oxygen atoms in total. The van der Waals surface area contributed by atoms with Crippen molar-refractivity contribution in [2.24, 2.45) is 0 Å². The van der Waals surface area contributed by atoms with E-state index in [1.807, 2.05) is 6.07 Å². The van der Waals surface area contributed by atoms with Crippen LogP contribution < -0.4 is 5.32 Å². The van der Waals surface area contributed by atoms with Gasteiger partial charge in [0.05, 0.1) is 5.56 Å². The first-order valence-electron chi connectivity index (χ1n) is 5.90. The molecular formula is C15H12ClNO3. The zero-order valence-corrected chi connectivity index (χ0v) is 11.2. The van der Waals surface area contributed by atoms with Crippen LogP contribution in [0.4, 0.5) is 5.69 Å². The highest BCUT2D eigenvalue weighted by atomic mass is 35.5. The van der Waals surface area contributed by atoms with Gasteiger partial charge in [0.15, 0.2) is 0 Å². The van der Waals surface area contributed by atoms with E-state index in [0.717, 1.165) is 5.56 Å². The van der Waals surface area contributed by atoms with Gasteiger partial charge in [-0.05, 0) is 42.0 Å². The molecule has 0 saturated heterocycles. The molecule has 0 unspecified atom stereocenters.